The van der Waals surface area contributed by atoms with Gasteiger partial charge < -0.3 is 19.7 Å². The Morgan fingerprint density at radius 3 is 2.32 bits per heavy atom. The number of alkyl carbamates (subject to hydrolysis) is 1. The molecule has 5 nitrogen and oxygen atoms in total. The van der Waals surface area contributed by atoms with Crippen LogP contribution in [-0.4, -0.2) is 37.2 Å². The molecule has 2 rings (SSSR count). The Hall–Kier alpha value is -2.12. The molecule has 1 fully saturated rings. The van der Waals surface area contributed by atoms with Crippen molar-refractivity contribution < 1.29 is 27.4 Å². The molecule has 1 heterocycles. The number of amides is 1. The van der Waals surface area contributed by atoms with Crippen LogP contribution in [0.4, 0.5) is 23.7 Å². The quantitative estimate of drug-likeness (QED) is 0.883. The van der Waals surface area contributed by atoms with Crippen LogP contribution in [-0.2, 0) is 4.74 Å². The zero-order valence-corrected chi connectivity index (χ0v) is 14.5. The largest absolute Gasteiger partial charge is 0.573 e. The predicted octanol–water partition coefficient (Wildman–Crippen LogP) is 4.08. The van der Waals surface area contributed by atoms with Gasteiger partial charge in [0, 0.05) is 19.1 Å². The molecule has 0 radical (unpaired) electrons. The molecule has 0 spiro atoms. The highest BCUT2D eigenvalue weighted by molar-refractivity contribution is 5.68. The van der Waals surface area contributed by atoms with E-state index in [4.69, 9.17) is 4.74 Å². The third-order valence-corrected chi connectivity index (χ3v) is 3.65. The number of nitrogens with one attached hydrogen (secondary N) is 1. The number of carbonyl (C=O) groups excluding carboxylic acids is 1. The molecular weight excluding hydrogens is 337 g/mol. The number of carbonyl (C=O) groups is 1. The zero-order chi connectivity index (χ0) is 18.7. The Morgan fingerprint density at radius 1 is 1.16 bits per heavy atom. The number of anilines is 1. The van der Waals surface area contributed by atoms with E-state index in [1.807, 2.05) is 4.90 Å². The number of ether oxygens (including phenoxy) is 2. The number of nitrogens with zero attached hydrogens (tertiary/aromatic N) is 1. The first-order chi connectivity index (χ1) is 11.5. The van der Waals surface area contributed by atoms with E-state index in [2.05, 4.69) is 10.1 Å². The fraction of sp³-hybridized carbons (Fsp3) is 0.588. The van der Waals surface area contributed by atoms with Gasteiger partial charge in [-0.15, -0.1) is 13.2 Å². The van der Waals surface area contributed by atoms with Gasteiger partial charge in [-0.1, -0.05) is 12.1 Å². The summed E-state index contributed by atoms with van der Waals surface area (Å²) >= 11 is 0. The lowest BCUT2D eigenvalue weighted by atomic mass is 10.0. The number of halogens is 3. The van der Waals surface area contributed by atoms with Gasteiger partial charge in [0.2, 0.25) is 0 Å². The first-order valence-corrected chi connectivity index (χ1v) is 8.13. The molecule has 1 aromatic carbocycles. The molecule has 1 amide bonds. The lowest BCUT2D eigenvalue weighted by molar-refractivity contribution is -0.274. The van der Waals surface area contributed by atoms with E-state index in [9.17, 15) is 18.0 Å². The third-order valence-electron chi connectivity index (χ3n) is 3.65. The molecule has 8 heteroatoms. The Morgan fingerprint density at radius 2 is 1.76 bits per heavy atom. The molecule has 1 N–H and O–H groups in total. The smallest absolute Gasteiger partial charge is 0.444 e. The molecule has 25 heavy (non-hydrogen) atoms. The summed E-state index contributed by atoms with van der Waals surface area (Å²) in [5.41, 5.74) is -0.172. The Balaban J connectivity index is 1.93. The van der Waals surface area contributed by atoms with Crippen LogP contribution < -0.4 is 15.0 Å². The van der Waals surface area contributed by atoms with Gasteiger partial charge in [0.25, 0.3) is 0 Å². The van der Waals surface area contributed by atoms with E-state index in [1.165, 1.54) is 12.1 Å². The molecule has 0 aromatic heterocycles. The van der Waals surface area contributed by atoms with Crippen LogP contribution in [0.5, 0.6) is 5.75 Å². The van der Waals surface area contributed by atoms with Gasteiger partial charge in [-0.3, -0.25) is 0 Å². The molecule has 140 valence electrons. The summed E-state index contributed by atoms with van der Waals surface area (Å²) in [6.45, 7) is 6.38. The Labute approximate surface area is 145 Å². The minimum Gasteiger partial charge on any atom is -0.444 e. The average Bonchev–Trinajstić information content (AvgIpc) is 2.45. The molecule has 0 unspecified atom stereocenters. The maximum absolute atomic E-state index is 12.5. The highest BCUT2D eigenvalue weighted by Gasteiger charge is 2.33. The first-order valence-electron chi connectivity index (χ1n) is 8.13. The van der Waals surface area contributed by atoms with Crippen molar-refractivity contribution >= 4 is 11.8 Å². The van der Waals surface area contributed by atoms with E-state index in [0.29, 0.717) is 31.6 Å². The number of para-hydroxylation sites is 2. The van der Waals surface area contributed by atoms with Crippen molar-refractivity contribution in [3.8, 4) is 5.75 Å². The summed E-state index contributed by atoms with van der Waals surface area (Å²) in [6.07, 6.45) is -3.99. The van der Waals surface area contributed by atoms with Crippen molar-refractivity contribution in [1.82, 2.24) is 5.32 Å². The summed E-state index contributed by atoms with van der Waals surface area (Å²) in [5, 5.41) is 2.80. The van der Waals surface area contributed by atoms with E-state index in [-0.39, 0.29) is 11.8 Å². The van der Waals surface area contributed by atoms with Gasteiger partial charge >= 0.3 is 12.5 Å². The number of rotatable bonds is 3. The summed E-state index contributed by atoms with van der Waals surface area (Å²) < 4.78 is 46.9. The second-order valence-electron chi connectivity index (χ2n) is 6.92. The molecule has 0 atom stereocenters. The van der Waals surface area contributed by atoms with Gasteiger partial charge in [-0.25, -0.2) is 4.79 Å². The number of benzene rings is 1. The molecule has 0 bridgehead atoms. The standard InChI is InChI=1S/C17H23F3N2O3/c1-16(2,3)25-15(23)21-12-8-10-22(11-9-12)13-6-4-5-7-14(13)24-17(18,19)20/h4-7,12H,8-11H2,1-3H3,(H,21,23). The van der Waals surface area contributed by atoms with Crippen molar-refractivity contribution in [2.75, 3.05) is 18.0 Å². The van der Waals surface area contributed by atoms with Crippen LogP contribution in [0.2, 0.25) is 0 Å². The summed E-state index contributed by atoms with van der Waals surface area (Å²) in [6, 6.07) is 6.00. The van der Waals surface area contributed by atoms with Crippen molar-refractivity contribution in [1.29, 1.82) is 0 Å². The van der Waals surface area contributed by atoms with E-state index in [1.54, 1.807) is 32.9 Å². The van der Waals surface area contributed by atoms with E-state index in [0.717, 1.165) is 0 Å². The normalized spacial score (nSPS) is 16.5. The maximum atomic E-state index is 12.5. The minimum atomic E-state index is -4.73. The minimum absolute atomic E-state index is 0.0678. The monoisotopic (exact) mass is 360 g/mol. The molecule has 1 aromatic rings. The van der Waals surface area contributed by atoms with Gasteiger partial charge in [0.05, 0.1) is 5.69 Å². The number of hydrogen-bond acceptors (Lipinski definition) is 4. The first kappa shape index (κ1) is 19.2. The van der Waals surface area contributed by atoms with Crippen LogP contribution in [0.1, 0.15) is 33.6 Å². The Kier molecular flexibility index (Phi) is 5.69. The molecule has 1 saturated heterocycles. The van der Waals surface area contributed by atoms with Crippen molar-refractivity contribution in [2.45, 2.75) is 51.6 Å². The van der Waals surface area contributed by atoms with Crippen LogP contribution >= 0.6 is 0 Å². The number of hydrogen-bond donors (Lipinski definition) is 1. The zero-order valence-electron chi connectivity index (χ0n) is 14.5. The molecule has 1 aliphatic rings. The number of piperidine rings is 1. The second-order valence-corrected chi connectivity index (χ2v) is 6.92. The molecule has 1 aliphatic heterocycles. The van der Waals surface area contributed by atoms with Crippen LogP contribution in [0, 0.1) is 0 Å². The van der Waals surface area contributed by atoms with Crippen molar-refractivity contribution in [3.63, 3.8) is 0 Å². The van der Waals surface area contributed by atoms with E-state index >= 15 is 0 Å². The fourth-order valence-corrected chi connectivity index (χ4v) is 2.67. The topological polar surface area (TPSA) is 50.8 Å². The number of alkyl halides is 3. The van der Waals surface area contributed by atoms with Gasteiger partial charge in [0.15, 0.2) is 5.75 Å². The summed E-state index contributed by atoms with van der Waals surface area (Å²) in [4.78, 5) is 13.6. The highest BCUT2D eigenvalue weighted by atomic mass is 19.4. The van der Waals surface area contributed by atoms with Crippen molar-refractivity contribution in [2.24, 2.45) is 0 Å². The van der Waals surface area contributed by atoms with Gasteiger partial charge in [0.1, 0.15) is 5.60 Å². The highest BCUT2D eigenvalue weighted by Crippen LogP contribution is 2.34. The lowest BCUT2D eigenvalue weighted by Gasteiger charge is -2.35. The maximum Gasteiger partial charge on any atom is 0.573 e. The van der Waals surface area contributed by atoms with Gasteiger partial charge in [-0.2, -0.15) is 0 Å². The lowest BCUT2D eigenvalue weighted by Crippen LogP contribution is -2.46. The van der Waals surface area contributed by atoms with Crippen molar-refractivity contribution in [3.05, 3.63) is 24.3 Å². The molecular formula is C17H23F3N2O3. The summed E-state index contributed by atoms with van der Waals surface area (Å²) in [5.74, 6) is -0.214. The third kappa shape index (κ3) is 6.36. The second kappa shape index (κ2) is 7.41. The van der Waals surface area contributed by atoms with Crippen LogP contribution in [0.3, 0.4) is 0 Å². The molecule has 0 saturated carbocycles. The fourth-order valence-electron chi connectivity index (χ4n) is 2.67. The van der Waals surface area contributed by atoms with Gasteiger partial charge in [-0.05, 0) is 45.7 Å². The van der Waals surface area contributed by atoms with Crippen LogP contribution in [0.15, 0.2) is 24.3 Å². The average molecular weight is 360 g/mol. The summed E-state index contributed by atoms with van der Waals surface area (Å²) in [7, 11) is 0. The van der Waals surface area contributed by atoms with E-state index < -0.39 is 18.1 Å². The van der Waals surface area contributed by atoms with Crippen LogP contribution in [0.25, 0.3) is 0 Å². The predicted molar refractivity (Wildman–Crippen MR) is 87.7 cm³/mol. The SMILES string of the molecule is CC(C)(C)OC(=O)NC1CCN(c2ccccc2OC(F)(F)F)CC1. The Bertz CT molecular complexity index is 592. The molecule has 0 aliphatic carbocycles.